The van der Waals surface area contributed by atoms with Crippen molar-refractivity contribution in [2.45, 2.75) is 18.4 Å². The first-order valence-corrected chi connectivity index (χ1v) is 6.07. The number of carbonyl (C=O) groups is 1. The third-order valence-corrected chi connectivity index (χ3v) is 4.33. The summed E-state index contributed by atoms with van der Waals surface area (Å²) in [6, 6.07) is 0. The van der Waals surface area contributed by atoms with E-state index in [2.05, 4.69) is 6.92 Å². The van der Waals surface area contributed by atoms with Gasteiger partial charge >= 0.3 is 0 Å². The van der Waals surface area contributed by atoms with Crippen molar-refractivity contribution >= 4 is 17.7 Å². The van der Waals surface area contributed by atoms with Crippen molar-refractivity contribution < 1.29 is 9.53 Å². The number of thioether (sulfide) groups is 1. The molecule has 0 aromatic carbocycles. The summed E-state index contributed by atoms with van der Waals surface area (Å²) >= 11 is 1.71. The van der Waals surface area contributed by atoms with E-state index in [1.807, 2.05) is 24.3 Å². The molecule has 14 heavy (non-hydrogen) atoms. The Morgan fingerprint density at radius 1 is 1.57 bits per heavy atom. The van der Waals surface area contributed by atoms with Crippen LogP contribution in [0.3, 0.4) is 0 Å². The summed E-state index contributed by atoms with van der Waals surface area (Å²) in [7, 11) is 1.88. The van der Waals surface area contributed by atoms with Crippen LogP contribution in [0.15, 0.2) is 12.3 Å². The SMILES string of the molecule is CS[C@@H]1[C@@H](C)[C@@H]2OC=C[C@@H]2C(=O)N1C. The fourth-order valence-corrected chi connectivity index (χ4v) is 3.34. The molecule has 2 heterocycles. The summed E-state index contributed by atoms with van der Waals surface area (Å²) in [4.78, 5) is 13.7. The molecule has 78 valence electrons. The van der Waals surface area contributed by atoms with Gasteiger partial charge in [-0.3, -0.25) is 4.79 Å². The van der Waals surface area contributed by atoms with Crippen molar-refractivity contribution in [2.75, 3.05) is 13.3 Å². The predicted octanol–water partition coefficient (Wildman–Crippen LogP) is 1.31. The van der Waals surface area contributed by atoms with Crippen molar-refractivity contribution in [1.29, 1.82) is 0 Å². The highest BCUT2D eigenvalue weighted by molar-refractivity contribution is 7.99. The van der Waals surface area contributed by atoms with Gasteiger partial charge in [-0.1, -0.05) is 6.92 Å². The Bertz CT molecular complexity index is 277. The molecule has 1 saturated heterocycles. The monoisotopic (exact) mass is 213 g/mol. The summed E-state index contributed by atoms with van der Waals surface area (Å²) in [6.45, 7) is 2.15. The summed E-state index contributed by atoms with van der Waals surface area (Å²) in [5, 5.41) is 0.239. The van der Waals surface area contributed by atoms with Gasteiger partial charge in [-0.2, -0.15) is 0 Å². The number of rotatable bonds is 1. The number of ether oxygens (including phenoxy) is 1. The van der Waals surface area contributed by atoms with Gasteiger partial charge in [0.05, 0.1) is 17.6 Å². The molecule has 0 aromatic heterocycles. The molecule has 4 atom stereocenters. The number of fused-ring (bicyclic) bond motifs is 1. The fraction of sp³-hybridized carbons (Fsp3) is 0.700. The minimum Gasteiger partial charge on any atom is -0.497 e. The first-order valence-electron chi connectivity index (χ1n) is 4.78. The second-order valence-electron chi connectivity index (χ2n) is 3.89. The second kappa shape index (κ2) is 3.50. The lowest BCUT2D eigenvalue weighted by Crippen LogP contribution is -2.54. The van der Waals surface area contributed by atoms with Crippen LogP contribution in [0.4, 0.5) is 0 Å². The zero-order chi connectivity index (χ0) is 10.3. The van der Waals surface area contributed by atoms with Crippen molar-refractivity contribution in [3.8, 4) is 0 Å². The lowest BCUT2D eigenvalue weighted by Gasteiger charge is -2.42. The van der Waals surface area contributed by atoms with Crippen LogP contribution in [0.2, 0.25) is 0 Å². The molecule has 3 nitrogen and oxygen atoms in total. The Balaban J connectivity index is 2.25. The highest BCUT2D eigenvalue weighted by Crippen LogP contribution is 2.37. The van der Waals surface area contributed by atoms with Gasteiger partial charge in [0.1, 0.15) is 6.10 Å². The largest absolute Gasteiger partial charge is 0.497 e. The predicted molar refractivity (Wildman–Crippen MR) is 56.7 cm³/mol. The van der Waals surface area contributed by atoms with Crippen LogP contribution in [0.1, 0.15) is 6.92 Å². The molecule has 2 rings (SSSR count). The normalized spacial score (nSPS) is 41.1. The summed E-state index contributed by atoms with van der Waals surface area (Å²) in [5.74, 6) is 0.507. The van der Waals surface area contributed by atoms with E-state index in [0.29, 0.717) is 5.92 Å². The van der Waals surface area contributed by atoms with Crippen molar-refractivity contribution in [2.24, 2.45) is 11.8 Å². The number of piperidine rings is 1. The third-order valence-electron chi connectivity index (χ3n) is 3.10. The maximum Gasteiger partial charge on any atom is 0.234 e. The molecular weight excluding hydrogens is 198 g/mol. The van der Waals surface area contributed by atoms with Crippen LogP contribution >= 0.6 is 11.8 Å². The Morgan fingerprint density at radius 2 is 2.29 bits per heavy atom. The minimum absolute atomic E-state index is 0.0520. The maximum absolute atomic E-state index is 11.9. The second-order valence-corrected chi connectivity index (χ2v) is 4.84. The highest BCUT2D eigenvalue weighted by atomic mass is 32.2. The molecular formula is C10H15NO2S. The zero-order valence-electron chi connectivity index (χ0n) is 8.64. The van der Waals surface area contributed by atoms with E-state index >= 15 is 0 Å². The lowest BCUT2D eigenvalue weighted by molar-refractivity contribution is -0.143. The van der Waals surface area contributed by atoms with Gasteiger partial charge in [-0.25, -0.2) is 0 Å². The Hall–Kier alpha value is -0.640. The smallest absolute Gasteiger partial charge is 0.234 e. The molecule has 4 heteroatoms. The zero-order valence-corrected chi connectivity index (χ0v) is 9.45. The first-order chi connectivity index (χ1) is 6.66. The van der Waals surface area contributed by atoms with Gasteiger partial charge < -0.3 is 9.64 Å². The van der Waals surface area contributed by atoms with Crippen molar-refractivity contribution in [3.05, 3.63) is 12.3 Å². The van der Waals surface area contributed by atoms with Crippen LogP contribution in [0, 0.1) is 11.8 Å². The van der Waals surface area contributed by atoms with E-state index in [-0.39, 0.29) is 23.3 Å². The summed E-state index contributed by atoms with van der Waals surface area (Å²) < 4.78 is 5.48. The van der Waals surface area contributed by atoms with Crippen LogP contribution in [-0.2, 0) is 9.53 Å². The number of hydrogen-bond acceptors (Lipinski definition) is 3. The molecule has 1 fully saturated rings. The molecule has 0 radical (unpaired) electrons. The van der Waals surface area contributed by atoms with E-state index in [1.165, 1.54) is 0 Å². The van der Waals surface area contributed by atoms with Gasteiger partial charge in [0.2, 0.25) is 5.91 Å². The highest BCUT2D eigenvalue weighted by Gasteiger charge is 2.46. The first kappa shape index (κ1) is 9.90. The Morgan fingerprint density at radius 3 is 2.93 bits per heavy atom. The van der Waals surface area contributed by atoms with Crippen molar-refractivity contribution in [1.82, 2.24) is 4.90 Å². The topological polar surface area (TPSA) is 29.5 Å². The molecule has 0 spiro atoms. The van der Waals surface area contributed by atoms with E-state index in [0.717, 1.165) is 0 Å². The van der Waals surface area contributed by atoms with Crippen LogP contribution in [-0.4, -0.2) is 35.6 Å². The molecule has 2 aliphatic heterocycles. The molecule has 0 saturated carbocycles. The third kappa shape index (κ3) is 1.24. The lowest BCUT2D eigenvalue weighted by atomic mass is 9.87. The van der Waals surface area contributed by atoms with Gasteiger partial charge in [0, 0.05) is 13.0 Å². The molecule has 0 aliphatic carbocycles. The maximum atomic E-state index is 11.9. The average Bonchev–Trinajstić information content (AvgIpc) is 2.64. The Kier molecular flexibility index (Phi) is 2.47. The Labute approximate surface area is 88.5 Å². The van der Waals surface area contributed by atoms with Gasteiger partial charge in [0.15, 0.2) is 0 Å². The quantitative estimate of drug-likeness (QED) is 0.658. The molecule has 0 N–H and O–H groups in total. The molecule has 1 amide bonds. The number of amides is 1. The van der Waals surface area contributed by atoms with Crippen LogP contribution < -0.4 is 0 Å². The van der Waals surface area contributed by atoms with Gasteiger partial charge in [-0.05, 0) is 12.3 Å². The van der Waals surface area contributed by atoms with E-state index in [9.17, 15) is 4.79 Å². The van der Waals surface area contributed by atoms with E-state index < -0.39 is 0 Å². The summed E-state index contributed by atoms with van der Waals surface area (Å²) in [6.07, 6.45) is 5.63. The van der Waals surface area contributed by atoms with Crippen LogP contribution in [0.25, 0.3) is 0 Å². The number of hydrogen-bond donors (Lipinski definition) is 0. The minimum atomic E-state index is -0.0570. The van der Waals surface area contributed by atoms with E-state index in [1.54, 1.807) is 18.0 Å². The number of nitrogens with zero attached hydrogens (tertiary/aromatic N) is 1. The summed E-state index contributed by atoms with van der Waals surface area (Å²) in [5.41, 5.74) is 0. The number of likely N-dealkylation sites (tertiary alicyclic amines) is 1. The standard InChI is InChI=1S/C10H15NO2S/c1-6-8-7(4-5-13-8)9(12)11(2)10(6)14-3/h4-8,10H,1-3H3/t6-,7-,8-,10+/m0/s1. The van der Waals surface area contributed by atoms with Crippen molar-refractivity contribution in [3.63, 3.8) is 0 Å². The molecule has 0 unspecified atom stereocenters. The molecule has 2 aliphatic rings. The molecule has 0 bridgehead atoms. The fourth-order valence-electron chi connectivity index (χ4n) is 2.34. The molecule has 0 aromatic rings. The van der Waals surface area contributed by atoms with Gasteiger partial charge in [-0.15, -0.1) is 11.8 Å². The van der Waals surface area contributed by atoms with Crippen LogP contribution in [0.5, 0.6) is 0 Å². The average molecular weight is 213 g/mol. The number of carbonyl (C=O) groups excluding carboxylic acids is 1. The van der Waals surface area contributed by atoms with Gasteiger partial charge in [0.25, 0.3) is 0 Å². The van der Waals surface area contributed by atoms with E-state index in [4.69, 9.17) is 4.74 Å².